The molecule has 3 nitrogen and oxygen atoms in total. The number of benzene rings is 7. The van der Waals surface area contributed by atoms with Crippen LogP contribution in [-0.4, -0.2) is 22.6 Å². The Labute approximate surface area is 436 Å². The van der Waals surface area contributed by atoms with Crippen LogP contribution in [0.15, 0.2) is 164 Å². The predicted octanol–water partition coefficient (Wildman–Crippen LogP) is 17.9. The zero-order valence-electron chi connectivity index (χ0n) is 41.5. The average Bonchev–Trinajstić information content (AvgIpc) is 4.06. The number of nitrogens with zero attached hydrogens (tertiary/aromatic N) is 3. The summed E-state index contributed by atoms with van der Waals surface area (Å²) in [6.45, 7) is 21.0. The van der Waals surface area contributed by atoms with E-state index in [0.717, 1.165) is 40.1 Å². The number of para-hydroxylation sites is 2. The zero-order valence-corrected chi connectivity index (χ0v) is 46.5. The smallest absolute Gasteiger partial charge is 0.0798 e. The van der Waals surface area contributed by atoms with Crippen LogP contribution in [-0.2, 0) is 26.5 Å². The third-order valence-electron chi connectivity index (χ3n) is 13.2. The predicted molar refractivity (Wildman–Crippen MR) is 303 cm³/mol. The largest absolute Gasteiger partial charge is 0.333 e. The molecule has 4 aromatic heterocycles. The molecular formula is C63H59IrN3S2Si-2. The van der Waals surface area contributed by atoms with E-state index in [-0.39, 0.29) is 20.1 Å². The van der Waals surface area contributed by atoms with E-state index in [0.29, 0.717) is 17.8 Å². The first-order valence-electron chi connectivity index (χ1n) is 24.4. The molecule has 0 aliphatic carbocycles. The van der Waals surface area contributed by atoms with Crippen molar-refractivity contribution in [2.75, 3.05) is 0 Å². The number of fused-ring (bicyclic) bond motifs is 5. The fourth-order valence-electron chi connectivity index (χ4n) is 9.74. The Balaban J connectivity index is 0.000000244. The van der Waals surface area contributed by atoms with E-state index in [1.807, 2.05) is 29.5 Å². The van der Waals surface area contributed by atoms with Crippen LogP contribution >= 0.6 is 22.7 Å². The number of aromatic nitrogens is 3. The topological polar surface area (TPSA) is 30.7 Å². The van der Waals surface area contributed by atoms with Gasteiger partial charge in [-0.25, -0.2) is 0 Å². The number of rotatable bonds is 10. The second-order valence-electron chi connectivity index (χ2n) is 20.4. The van der Waals surface area contributed by atoms with Crippen molar-refractivity contribution in [2.24, 2.45) is 5.92 Å². The molecule has 0 unspecified atom stereocenters. The van der Waals surface area contributed by atoms with E-state index in [4.69, 9.17) is 4.98 Å². The van der Waals surface area contributed by atoms with Crippen LogP contribution in [0, 0.1) is 17.4 Å². The van der Waals surface area contributed by atoms with Crippen LogP contribution in [0.2, 0.25) is 19.6 Å². The van der Waals surface area contributed by atoms with E-state index < -0.39 is 8.07 Å². The monoisotopic (exact) mass is 1140 g/mol. The maximum absolute atomic E-state index is 5.37. The quantitative estimate of drug-likeness (QED) is 0.101. The van der Waals surface area contributed by atoms with Crippen molar-refractivity contribution in [3.63, 3.8) is 0 Å². The molecular weight excluding hydrogens is 1080 g/mol. The molecule has 0 saturated carbocycles. The van der Waals surface area contributed by atoms with E-state index in [2.05, 4.69) is 228 Å². The third kappa shape index (κ3) is 9.80. The van der Waals surface area contributed by atoms with Crippen molar-refractivity contribution < 1.29 is 20.1 Å². The van der Waals surface area contributed by atoms with Crippen LogP contribution in [0.1, 0.15) is 70.1 Å². The summed E-state index contributed by atoms with van der Waals surface area (Å²) in [6, 6.07) is 60.2. The van der Waals surface area contributed by atoms with Gasteiger partial charge in [0.2, 0.25) is 0 Å². The summed E-state index contributed by atoms with van der Waals surface area (Å²) in [6.07, 6.45) is 3.24. The number of hydrogen-bond donors (Lipinski definition) is 0. The van der Waals surface area contributed by atoms with Gasteiger partial charge in [0.05, 0.1) is 24.9 Å². The SMILES string of the molecule is CC(C)Cc1cc(-c2[c-]cccc2)ncc1[Si](C)(C)C.CC(C)c1cc(-c2ccccc2)cc(C(C)C)c1-n1c(-c2[c-]sc3ccc(-c4ccc5sc6ccccc6c5c4)cc23)nc2ccccc21.[Ir]. The van der Waals surface area contributed by atoms with Gasteiger partial charge < -0.3 is 9.55 Å². The first-order valence-corrected chi connectivity index (χ1v) is 29.5. The van der Waals surface area contributed by atoms with Gasteiger partial charge in [-0.15, -0.1) is 52.6 Å². The first kappa shape index (κ1) is 49.2. The number of pyridine rings is 1. The zero-order chi connectivity index (χ0) is 48.0. The molecule has 11 rings (SSSR count). The van der Waals surface area contributed by atoms with Crippen LogP contribution < -0.4 is 5.19 Å². The summed E-state index contributed by atoms with van der Waals surface area (Å²) in [5.74, 6) is 2.23. The van der Waals surface area contributed by atoms with Gasteiger partial charge in [0, 0.05) is 52.2 Å². The van der Waals surface area contributed by atoms with Crippen molar-refractivity contribution in [3.8, 4) is 50.6 Å². The molecule has 70 heavy (non-hydrogen) atoms. The van der Waals surface area contributed by atoms with Gasteiger partial charge in [-0.05, 0) is 111 Å². The van der Waals surface area contributed by atoms with Gasteiger partial charge in [-0.3, -0.25) is 16.3 Å². The van der Waals surface area contributed by atoms with Crippen LogP contribution in [0.5, 0.6) is 0 Å². The van der Waals surface area contributed by atoms with Crippen molar-refractivity contribution in [1.29, 1.82) is 0 Å². The van der Waals surface area contributed by atoms with E-state index in [1.165, 1.54) is 80.1 Å². The first-order chi connectivity index (χ1) is 33.3. The summed E-state index contributed by atoms with van der Waals surface area (Å²) in [7, 11) is -1.34. The minimum Gasteiger partial charge on any atom is -0.333 e. The molecule has 0 N–H and O–H groups in total. The number of imidazole rings is 1. The number of hydrogen-bond acceptors (Lipinski definition) is 4. The fourth-order valence-corrected chi connectivity index (χ4v) is 13.2. The molecule has 4 heterocycles. The number of thiophene rings is 2. The molecule has 0 saturated heterocycles. The van der Waals surface area contributed by atoms with E-state index in [1.54, 1.807) is 11.3 Å². The average molecular weight is 1140 g/mol. The molecule has 11 aromatic rings. The molecule has 7 heteroatoms. The molecule has 0 atom stereocenters. The van der Waals surface area contributed by atoms with Gasteiger partial charge in [0.25, 0.3) is 0 Å². The molecule has 353 valence electrons. The Morgan fingerprint density at radius 3 is 1.93 bits per heavy atom. The van der Waals surface area contributed by atoms with Crippen molar-refractivity contribution in [3.05, 3.63) is 192 Å². The molecule has 0 amide bonds. The molecule has 0 aliphatic rings. The van der Waals surface area contributed by atoms with Crippen LogP contribution in [0.25, 0.3) is 91.9 Å². The summed E-state index contributed by atoms with van der Waals surface area (Å²) in [5, 5.41) is 9.04. The van der Waals surface area contributed by atoms with Gasteiger partial charge >= 0.3 is 0 Å². The molecule has 0 spiro atoms. The van der Waals surface area contributed by atoms with Crippen LogP contribution in [0.4, 0.5) is 0 Å². The van der Waals surface area contributed by atoms with Gasteiger partial charge in [-0.2, -0.15) is 0 Å². The minimum atomic E-state index is -1.34. The van der Waals surface area contributed by atoms with Crippen LogP contribution in [0.3, 0.4) is 0 Å². The molecule has 0 bridgehead atoms. The second kappa shape index (κ2) is 20.5. The Morgan fingerprint density at radius 2 is 1.24 bits per heavy atom. The van der Waals surface area contributed by atoms with Gasteiger partial charge in [0.15, 0.2) is 0 Å². The molecule has 0 fully saturated rings. The molecule has 0 aliphatic heterocycles. The summed E-state index contributed by atoms with van der Waals surface area (Å²) in [5.41, 5.74) is 15.6. The van der Waals surface area contributed by atoms with E-state index >= 15 is 0 Å². The van der Waals surface area contributed by atoms with Gasteiger partial charge in [0.1, 0.15) is 0 Å². The second-order valence-corrected chi connectivity index (χ2v) is 27.4. The molecule has 1 radical (unpaired) electrons. The minimum absolute atomic E-state index is 0. The fraction of sp³-hybridized carbons (Fsp3) is 0.206. The van der Waals surface area contributed by atoms with E-state index in [9.17, 15) is 0 Å². The standard InChI is InChI=1S/C45H35N2S2.C18H24NSi.Ir/c1-27(2)34-24-32(29-12-6-5-7-13-29)25-35(28(3)4)44(34)47-40-16-10-9-15-39(40)46-45(47)38-26-48-41-20-18-30(23-37(38)41)31-19-21-43-36(22-31)33-14-8-11-17-42(33)49-43;1-14(2)11-16-12-17(15-9-7-6-8-10-15)19-13-18(16)20(3,4)5;/h5-25,27-28H,1-4H3;6-9,12-14H,11H2,1-5H3;/q2*-1;. The van der Waals surface area contributed by atoms with Gasteiger partial charge in [-0.1, -0.05) is 173 Å². The van der Waals surface area contributed by atoms with Crippen molar-refractivity contribution in [1.82, 2.24) is 14.5 Å². The van der Waals surface area contributed by atoms with Crippen molar-refractivity contribution >= 4 is 77.2 Å². The molecule has 7 aromatic carbocycles. The summed E-state index contributed by atoms with van der Waals surface area (Å²) < 4.78 is 6.30. The summed E-state index contributed by atoms with van der Waals surface area (Å²) >= 11 is 3.54. The Kier molecular flexibility index (Phi) is 14.4. The maximum atomic E-state index is 5.37. The maximum Gasteiger partial charge on any atom is 0.0798 e. The Morgan fingerprint density at radius 1 is 0.600 bits per heavy atom. The van der Waals surface area contributed by atoms with Crippen molar-refractivity contribution in [2.45, 2.75) is 79.4 Å². The normalized spacial score (nSPS) is 11.8. The Bertz CT molecular complexity index is 3590. The summed E-state index contributed by atoms with van der Waals surface area (Å²) in [4.78, 5) is 10.1. The Hall–Kier alpha value is -5.79. The third-order valence-corrected chi connectivity index (χ3v) is 17.3.